The summed E-state index contributed by atoms with van der Waals surface area (Å²) in [6, 6.07) is 9.23. The average molecular weight is 230 g/mol. The lowest BCUT2D eigenvalue weighted by molar-refractivity contribution is 0.673. The van der Waals surface area contributed by atoms with E-state index in [2.05, 4.69) is 57.2 Å². The monoisotopic (exact) mass is 230 g/mol. The maximum atomic E-state index is 2.33. The summed E-state index contributed by atoms with van der Waals surface area (Å²) >= 11 is 0. The van der Waals surface area contributed by atoms with Crippen molar-refractivity contribution < 1.29 is 0 Å². The molecule has 0 saturated carbocycles. The van der Waals surface area contributed by atoms with E-state index in [1.54, 1.807) is 0 Å². The Kier molecular flexibility index (Phi) is 6.69. The highest BCUT2D eigenvalue weighted by Crippen LogP contribution is 2.24. The zero-order valence-electron chi connectivity index (χ0n) is 11.6. The highest BCUT2D eigenvalue weighted by molar-refractivity contribution is 5.26. The molecule has 0 aliphatic rings. The largest absolute Gasteiger partial charge is 0.0888 e. The van der Waals surface area contributed by atoms with Crippen molar-refractivity contribution in [1.82, 2.24) is 0 Å². The Morgan fingerprint density at radius 2 is 1.71 bits per heavy atom. The van der Waals surface area contributed by atoms with Gasteiger partial charge in [-0.3, -0.25) is 0 Å². The number of aryl methyl sites for hydroxylation is 1. The lowest BCUT2D eigenvalue weighted by atomic mass is 9.92. The molecule has 0 nitrogen and oxygen atoms in total. The van der Waals surface area contributed by atoms with Crippen molar-refractivity contribution in [3.8, 4) is 0 Å². The smallest absolute Gasteiger partial charge is 0.0130 e. The van der Waals surface area contributed by atoms with Crippen LogP contribution < -0.4 is 0 Å². The van der Waals surface area contributed by atoms with E-state index >= 15 is 0 Å². The van der Waals surface area contributed by atoms with E-state index in [-0.39, 0.29) is 0 Å². The molecular weight excluding hydrogens is 204 g/mol. The van der Waals surface area contributed by atoms with E-state index in [1.807, 2.05) is 0 Å². The highest BCUT2D eigenvalue weighted by atomic mass is 14.1. The number of allylic oxidation sites excluding steroid dienone is 2. The molecule has 17 heavy (non-hydrogen) atoms. The molecule has 0 heteroatoms. The number of hydrogen-bond donors (Lipinski definition) is 0. The van der Waals surface area contributed by atoms with E-state index < -0.39 is 0 Å². The molecule has 0 radical (unpaired) electrons. The maximum absolute atomic E-state index is 2.33. The molecule has 0 spiro atoms. The fourth-order valence-electron chi connectivity index (χ4n) is 2.21. The molecule has 1 atom stereocenters. The fourth-order valence-corrected chi connectivity index (χ4v) is 2.21. The standard InChI is InChI=1S/C17H26/c1-4-7-8-10-16(6-3)17-13-11-15(9-5-2)12-14-17/h7-8,11-14,16H,4-6,9-10H2,1-3H3/b8-7-. The van der Waals surface area contributed by atoms with Crippen molar-refractivity contribution in [2.45, 2.75) is 58.8 Å². The van der Waals surface area contributed by atoms with Gasteiger partial charge in [0.1, 0.15) is 0 Å². The molecule has 0 fully saturated rings. The van der Waals surface area contributed by atoms with Crippen molar-refractivity contribution >= 4 is 0 Å². The summed E-state index contributed by atoms with van der Waals surface area (Å²) in [5.41, 5.74) is 2.96. The van der Waals surface area contributed by atoms with E-state index in [1.165, 1.54) is 36.8 Å². The number of hydrogen-bond acceptors (Lipinski definition) is 0. The normalized spacial score (nSPS) is 13.1. The van der Waals surface area contributed by atoms with Crippen LogP contribution in [0, 0.1) is 0 Å². The first-order valence-electron chi connectivity index (χ1n) is 7.05. The predicted octanol–water partition coefficient (Wildman–Crippen LogP) is 5.49. The lowest BCUT2D eigenvalue weighted by Gasteiger charge is -2.13. The summed E-state index contributed by atoms with van der Waals surface area (Å²) < 4.78 is 0. The van der Waals surface area contributed by atoms with E-state index in [9.17, 15) is 0 Å². The molecule has 0 saturated heterocycles. The van der Waals surface area contributed by atoms with Crippen LogP contribution in [-0.4, -0.2) is 0 Å². The molecule has 1 unspecified atom stereocenters. The first kappa shape index (κ1) is 14.0. The van der Waals surface area contributed by atoms with Crippen molar-refractivity contribution in [1.29, 1.82) is 0 Å². The summed E-state index contributed by atoms with van der Waals surface area (Å²) in [5.74, 6) is 0.688. The Morgan fingerprint density at radius 1 is 1.00 bits per heavy atom. The highest BCUT2D eigenvalue weighted by Gasteiger charge is 2.06. The fraction of sp³-hybridized carbons (Fsp3) is 0.529. The minimum atomic E-state index is 0.688. The van der Waals surface area contributed by atoms with Gasteiger partial charge in [0.15, 0.2) is 0 Å². The van der Waals surface area contributed by atoms with Gasteiger partial charge in [0.2, 0.25) is 0 Å². The van der Waals surface area contributed by atoms with Crippen LogP contribution in [0.25, 0.3) is 0 Å². The average Bonchev–Trinajstić information content (AvgIpc) is 2.36. The summed E-state index contributed by atoms with van der Waals surface area (Å²) in [6.07, 6.45) is 10.6. The van der Waals surface area contributed by atoms with Gasteiger partial charge in [0, 0.05) is 0 Å². The molecule has 0 heterocycles. The maximum Gasteiger partial charge on any atom is -0.0130 e. The zero-order chi connectivity index (χ0) is 12.5. The van der Waals surface area contributed by atoms with Gasteiger partial charge in [-0.15, -0.1) is 0 Å². The summed E-state index contributed by atoms with van der Waals surface area (Å²) in [7, 11) is 0. The van der Waals surface area contributed by atoms with E-state index in [0.717, 1.165) is 6.42 Å². The number of rotatable bonds is 7. The van der Waals surface area contributed by atoms with E-state index in [0.29, 0.717) is 5.92 Å². The third kappa shape index (κ3) is 4.77. The van der Waals surface area contributed by atoms with Crippen LogP contribution in [0.3, 0.4) is 0 Å². The van der Waals surface area contributed by atoms with Crippen LogP contribution in [0.1, 0.15) is 63.5 Å². The zero-order valence-corrected chi connectivity index (χ0v) is 11.6. The van der Waals surface area contributed by atoms with Gasteiger partial charge < -0.3 is 0 Å². The molecule has 1 aromatic carbocycles. The second-order valence-electron chi connectivity index (χ2n) is 4.71. The molecule has 0 aromatic heterocycles. The van der Waals surface area contributed by atoms with Gasteiger partial charge in [0.05, 0.1) is 0 Å². The lowest BCUT2D eigenvalue weighted by Crippen LogP contribution is -1.96. The van der Waals surface area contributed by atoms with Crippen LogP contribution in [0.15, 0.2) is 36.4 Å². The summed E-state index contributed by atoms with van der Waals surface area (Å²) in [5, 5.41) is 0. The Balaban J connectivity index is 2.64. The van der Waals surface area contributed by atoms with Crippen molar-refractivity contribution in [3.05, 3.63) is 47.5 Å². The summed E-state index contributed by atoms with van der Waals surface area (Å²) in [4.78, 5) is 0. The molecule has 0 N–H and O–H groups in total. The van der Waals surface area contributed by atoms with Gasteiger partial charge in [-0.2, -0.15) is 0 Å². The first-order chi connectivity index (χ1) is 8.31. The van der Waals surface area contributed by atoms with E-state index in [4.69, 9.17) is 0 Å². The van der Waals surface area contributed by atoms with Gasteiger partial charge in [-0.25, -0.2) is 0 Å². The van der Waals surface area contributed by atoms with Crippen molar-refractivity contribution in [3.63, 3.8) is 0 Å². The van der Waals surface area contributed by atoms with Gasteiger partial charge >= 0.3 is 0 Å². The second-order valence-corrected chi connectivity index (χ2v) is 4.71. The van der Waals surface area contributed by atoms with Crippen LogP contribution in [-0.2, 0) is 6.42 Å². The van der Waals surface area contributed by atoms with Crippen LogP contribution in [0.4, 0.5) is 0 Å². The quantitative estimate of drug-likeness (QED) is 0.543. The Morgan fingerprint density at radius 3 is 2.24 bits per heavy atom. The molecule has 0 aliphatic carbocycles. The third-order valence-electron chi connectivity index (χ3n) is 3.31. The van der Waals surface area contributed by atoms with Crippen LogP contribution >= 0.6 is 0 Å². The SMILES string of the molecule is CC/C=C\CC(CC)c1ccc(CCC)cc1. The molecule has 0 amide bonds. The Hall–Kier alpha value is -1.04. The van der Waals surface area contributed by atoms with Gasteiger partial charge in [0.25, 0.3) is 0 Å². The van der Waals surface area contributed by atoms with Crippen LogP contribution in [0.2, 0.25) is 0 Å². The first-order valence-corrected chi connectivity index (χ1v) is 7.05. The third-order valence-corrected chi connectivity index (χ3v) is 3.31. The van der Waals surface area contributed by atoms with Gasteiger partial charge in [-0.05, 0) is 42.7 Å². The minimum Gasteiger partial charge on any atom is -0.0888 e. The minimum absolute atomic E-state index is 0.688. The van der Waals surface area contributed by atoms with Crippen molar-refractivity contribution in [2.24, 2.45) is 0 Å². The van der Waals surface area contributed by atoms with Gasteiger partial charge in [-0.1, -0.05) is 63.6 Å². The molecule has 1 aromatic rings. The second kappa shape index (κ2) is 8.11. The van der Waals surface area contributed by atoms with Crippen molar-refractivity contribution in [2.75, 3.05) is 0 Å². The molecule has 1 rings (SSSR count). The molecular formula is C17H26. The molecule has 0 aliphatic heterocycles. The number of benzene rings is 1. The Bertz CT molecular complexity index is 318. The summed E-state index contributed by atoms with van der Waals surface area (Å²) in [6.45, 7) is 6.71. The topological polar surface area (TPSA) is 0 Å². The predicted molar refractivity (Wildman–Crippen MR) is 77.5 cm³/mol. The molecule has 94 valence electrons. The van der Waals surface area contributed by atoms with Crippen LogP contribution in [0.5, 0.6) is 0 Å². The Labute approximate surface area is 107 Å². The molecule has 0 bridgehead atoms.